The number of nitrogens with one attached hydrogen (secondary N) is 2. The molecule has 0 aliphatic rings. The van der Waals surface area contributed by atoms with Gasteiger partial charge in [0.25, 0.3) is 0 Å². The van der Waals surface area contributed by atoms with Crippen LogP contribution in [-0.4, -0.2) is 27.0 Å². The standard InChI is InChI=1S/C9H12BrN3O2S/c1-3-4-13-16(14,15)8-5-7(10)6-12-9(8)11-2/h3,5-6,13H,1,4H2,2H3,(H,11,12). The third-order valence-corrected chi connectivity index (χ3v) is 3.63. The Hall–Kier alpha value is -0.920. The molecule has 0 spiro atoms. The van der Waals surface area contributed by atoms with Crippen molar-refractivity contribution in [1.82, 2.24) is 9.71 Å². The normalized spacial score (nSPS) is 11.1. The molecule has 0 unspecified atom stereocenters. The predicted octanol–water partition coefficient (Wildman–Crippen LogP) is 1.35. The Bertz CT molecular complexity index is 488. The van der Waals surface area contributed by atoms with Crippen LogP contribution < -0.4 is 10.0 Å². The summed E-state index contributed by atoms with van der Waals surface area (Å²) >= 11 is 3.18. The molecule has 5 nitrogen and oxygen atoms in total. The Morgan fingerprint density at radius 3 is 2.88 bits per heavy atom. The lowest BCUT2D eigenvalue weighted by Crippen LogP contribution is -2.24. The van der Waals surface area contributed by atoms with Gasteiger partial charge in [-0.2, -0.15) is 0 Å². The number of nitrogens with zero attached hydrogens (tertiary/aromatic N) is 1. The summed E-state index contributed by atoms with van der Waals surface area (Å²) in [7, 11) is -1.95. The fourth-order valence-electron chi connectivity index (χ4n) is 1.06. The molecular formula is C9H12BrN3O2S. The topological polar surface area (TPSA) is 71.1 Å². The van der Waals surface area contributed by atoms with Crippen molar-refractivity contribution < 1.29 is 8.42 Å². The van der Waals surface area contributed by atoms with E-state index >= 15 is 0 Å². The van der Waals surface area contributed by atoms with E-state index in [-0.39, 0.29) is 11.4 Å². The summed E-state index contributed by atoms with van der Waals surface area (Å²) in [6.45, 7) is 3.63. The van der Waals surface area contributed by atoms with Crippen LogP contribution in [0.2, 0.25) is 0 Å². The maximum absolute atomic E-state index is 11.9. The third-order valence-electron chi connectivity index (χ3n) is 1.76. The van der Waals surface area contributed by atoms with Crippen LogP contribution in [0.3, 0.4) is 0 Å². The van der Waals surface area contributed by atoms with Crippen LogP contribution in [0.5, 0.6) is 0 Å². The molecule has 0 aromatic carbocycles. The van der Waals surface area contributed by atoms with Crippen molar-refractivity contribution in [2.75, 3.05) is 18.9 Å². The molecule has 1 aromatic heterocycles. The zero-order chi connectivity index (χ0) is 12.2. The molecule has 0 amide bonds. The monoisotopic (exact) mass is 305 g/mol. The van der Waals surface area contributed by atoms with Crippen molar-refractivity contribution >= 4 is 31.8 Å². The Kier molecular flexibility index (Phi) is 4.45. The summed E-state index contributed by atoms with van der Waals surface area (Å²) in [5, 5.41) is 2.73. The second-order valence-electron chi connectivity index (χ2n) is 2.89. The molecule has 0 radical (unpaired) electrons. The SMILES string of the molecule is C=CCNS(=O)(=O)c1cc(Br)cnc1NC. The van der Waals surface area contributed by atoms with Crippen LogP contribution in [0.4, 0.5) is 5.82 Å². The van der Waals surface area contributed by atoms with E-state index in [1.807, 2.05) is 0 Å². The summed E-state index contributed by atoms with van der Waals surface area (Å²) in [5.41, 5.74) is 0. The van der Waals surface area contributed by atoms with Crippen LogP contribution in [-0.2, 0) is 10.0 Å². The largest absolute Gasteiger partial charge is 0.372 e. The van der Waals surface area contributed by atoms with Crippen molar-refractivity contribution in [3.05, 3.63) is 29.4 Å². The first-order valence-corrected chi connectivity index (χ1v) is 6.72. The molecule has 0 aliphatic heterocycles. The molecule has 16 heavy (non-hydrogen) atoms. The fraction of sp³-hybridized carbons (Fsp3) is 0.222. The summed E-state index contributed by atoms with van der Waals surface area (Å²) in [6, 6.07) is 1.49. The average molecular weight is 306 g/mol. The van der Waals surface area contributed by atoms with Crippen LogP contribution in [0.25, 0.3) is 0 Å². The maximum atomic E-state index is 11.9. The van der Waals surface area contributed by atoms with Crippen LogP contribution in [0, 0.1) is 0 Å². The highest BCUT2D eigenvalue weighted by Crippen LogP contribution is 2.22. The number of pyridine rings is 1. The van der Waals surface area contributed by atoms with E-state index in [1.165, 1.54) is 18.3 Å². The van der Waals surface area contributed by atoms with E-state index in [0.29, 0.717) is 10.3 Å². The quantitative estimate of drug-likeness (QED) is 0.806. The molecule has 88 valence electrons. The molecule has 0 bridgehead atoms. The molecule has 0 saturated heterocycles. The van der Waals surface area contributed by atoms with Crippen LogP contribution >= 0.6 is 15.9 Å². The van der Waals surface area contributed by atoms with Gasteiger partial charge in [-0.3, -0.25) is 0 Å². The third kappa shape index (κ3) is 3.03. The van der Waals surface area contributed by atoms with Crippen molar-refractivity contribution in [1.29, 1.82) is 0 Å². The van der Waals surface area contributed by atoms with Gasteiger partial charge >= 0.3 is 0 Å². The number of aromatic nitrogens is 1. The van der Waals surface area contributed by atoms with Crippen LogP contribution in [0.1, 0.15) is 0 Å². The number of sulfonamides is 1. The summed E-state index contributed by atoms with van der Waals surface area (Å²) < 4.78 is 26.7. The lowest BCUT2D eigenvalue weighted by Gasteiger charge is -2.09. The Morgan fingerprint density at radius 1 is 1.62 bits per heavy atom. The molecule has 0 fully saturated rings. The van der Waals surface area contributed by atoms with Gasteiger partial charge in [-0.05, 0) is 22.0 Å². The van der Waals surface area contributed by atoms with Gasteiger partial charge in [0.05, 0.1) is 0 Å². The number of hydrogen-bond donors (Lipinski definition) is 2. The highest BCUT2D eigenvalue weighted by atomic mass is 79.9. The van der Waals surface area contributed by atoms with Crippen molar-refractivity contribution in [3.63, 3.8) is 0 Å². The van der Waals surface area contributed by atoms with Gasteiger partial charge in [0.15, 0.2) is 0 Å². The van der Waals surface area contributed by atoms with Gasteiger partial charge in [0.2, 0.25) is 10.0 Å². The van der Waals surface area contributed by atoms with Crippen molar-refractivity contribution in [2.45, 2.75) is 4.90 Å². The summed E-state index contributed by atoms with van der Waals surface area (Å²) in [4.78, 5) is 4.07. The summed E-state index contributed by atoms with van der Waals surface area (Å²) in [6.07, 6.45) is 3.00. The molecule has 0 aliphatic carbocycles. The van der Waals surface area contributed by atoms with Gasteiger partial charge < -0.3 is 5.32 Å². The van der Waals surface area contributed by atoms with E-state index in [4.69, 9.17) is 0 Å². The van der Waals surface area contributed by atoms with Crippen LogP contribution in [0.15, 0.2) is 34.3 Å². The zero-order valence-electron chi connectivity index (χ0n) is 8.70. The first-order valence-electron chi connectivity index (χ1n) is 4.45. The maximum Gasteiger partial charge on any atom is 0.244 e. The first-order chi connectivity index (χ1) is 7.51. The highest BCUT2D eigenvalue weighted by Gasteiger charge is 2.18. The number of halogens is 1. The lowest BCUT2D eigenvalue weighted by atomic mass is 10.4. The average Bonchev–Trinajstić information content (AvgIpc) is 2.26. The summed E-state index contributed by atoms with van der Waals surface area (Å²) in [5.74, 6) is 0.305. The molecule has 0 atom stereocenters. The highest BCUT2D eigenvalue weighted by molar-refractivity contribution is 9.10. The van der Waals surface area contributed by atoms with Crippen molar-refractivity contribution in [2.24, 2.45) is 0 Å². The molecule has 7 heteroatoms. The minimum absolute atomic E-state index is 0.103. The Balaban J connectivity index is 3.19. The zero-order valence-corrected chi connectivity index (χ0v) is 11.1. The lowest BCUT2D eigenvalue weighted by molar-refractivity contribution is 0.585. The van der Waals surface area contributed by atoms with Crippen molar-refractivity contribution in [3.8, 4) is 0 Å². The fourth-order valence-corrected chi connectivity index (χ4v) is 2.73. The van der Waals surface area contributed by atoms with Gasteiger partial charge in [0.1, 0.15) is 10.7 Å². The van der Waals surface area contributed by atoms with E-state index in [1.54, 1.807) is 7.05 Å². The van der Waals surface area contributed by atoms with Gasteiger partial charge in [0, 0.05) is 24.3 Å². The van der Waals surface area contributed by atoms with Gasteiger partial charge in [-0.1, -0.05) is 6.08 Å². The van der Waals surface area contributed by atoms with E-state index in [9.17, 15) is 8.42 Å². The minimum atomic E-state index is -3.56. The molecule has 2 N–H and O–H groups in total. The van der Waals surface area contributed by atoms with E-state index in [0.717, 1.165) is 0 Å². The Labute approximate surface area is 103 Å². The van der Waals surface area contributed by atoms with E-state index < -0.39 is 10.0 Å². The second kappa shape index (κ2) is 5.42. The molecule has 1 rings (SSSR count). The number of hydrogen-bond acceptors (Lipinski definition) is 4. The van der Waals surface area contributed by atoms with E-state index in [2.05, 4.69) is 37.5 Å². The molecule has 1 aromatic rings. The van der Waals surface area contributed by atoms with Gasteiger partial charge in [-0.25, -0.2) is 18.1 Å². The predicted molar refractivity (Wildman–Crippen MR) is 66.9 cm³/mol. The smallest absolute Gasteiger partial charge is 0.244 e. The molecule has 1 heterocycles. The van der Waals surface area contributed by atoms with Gasteiger partial charge in [-0.15, -0.1) is 6.58 Å². The first kappa shape index (κ1) is 13.1. The second-order valence-corrected chi connectivity index (χ2v) is 5.54. The number of rotatable bonds is 5. The minimum Gasteiger partial charge on any atom is -0.372 e. The Morgan fingerprint density at radius 2 is 2.31 bits per heavy atom. The number of anilines is 1. The molecular weight excluding hydrogens is 294 g/mol. The molecule has 0 saturated carbocycles.